The minimum absolute atomic E-state index is 0.0529. The quantitative estimate of drug-likeness (QED) is 0.482. The van der Waals surface area contributed by atoms with Crippen LogP contribution in [0.25, 0.3) is 0 Å². The Balaban J connectivity index is 2.89. The van der Waals surface area contributed by atoms with Crippen LogP contribution in [0.4, 0.5) is 0 Å². The lowest BCUT2D eigenvalue weighted by atomic mass is 10.1. The van der Waals surface area contributed by atoms with Gasteiger partial charge >= 0.3 is 0 Å². The van der Waals surface area contributed by atoms with E-state index in [1.165, 1.54) is 11.8 Å². The van der Waals surface area contributed by atoms with Crippen molar-refractivity contribution in [1.29, 1.82) is 0 Å². The summed E-state index contributed by atoms with van der Waals surface area (Å²) in [7, 11) is 0. The van der Waals surface area contributed by atoms with E-state index in [-0.39, 0.29) is 25.8 Å². The standard InChI is InChI=1S/C12H14Cl4OS/c1-3-6(2)4-5-18-12-9(15)7(13)11(17)8(14)10(12)16/h6,17H,3-5H2,1-2H3. The molecule has 1 aromatic carbocycles. The summed E-state index contributed by atoms with van der Waals surface area (Å²) in [5.41, 5.74) is 0. The van der Waals surface area contributed by atoms with Crippen molar-refractivity contribution in [3.05, 3.63) is 20.1 Å². The fraction of sp³-hybridized carbons (Fsp3) is 0.500. The lowest BCUT2D eigenvalue weighted by Crippen LogP contribution is -1.94. The van der Waals surface area contributed by atoms with Gasteiger partial charge in [-0.05, 0) is 18.1 Å². The number of halogens is 4. The number of phenols is 1. The van der Waals surface area contributed by atoms with Crippen molar-refractivity contribution in [3.63, 3.8) is 0 Å². The molecule has 0 bridgehead atoms. The first-order valence-corrected chi connectivity index (χ1v) is 8.07. The molecule has 0 amide bonds. The summed E-state index contributed by atoms with van der Waals surface area (Å²) in [5.74, 6) is 1.27. The molecule has 1 rings (SSSR count). The Labute approximate surface area is 132 Å². The summed E-state index contributed by atoms with van der Waals surface area (Å²) in [5, 5.41) is 10.2. The first-order valence-electron chi connectivity index (χ1n) is 5.57. The third-order valence-corrected chi connectivity index (χ3v) is 5.80. The summed E-state index contributed by atoms with van der Waals surface area (Å²) < 4.78 is 0. The van der Waals surface area contributed by atoms with Crippen LogP contribution in [-0.4, -0.2) is 10.9 Å². The molecule has 0 spiro atoms. The molecule has 1 aromatic rings. The summed E-state index contributed by atoms with van der Waals surface area (Å²) in [6, 6.07) is 0. The normalized spacial score (nSPS) is 12.8. The molecular formula is C12H14Cl4OS. The van der Waals surface area contributed by atoms with Crippen molar-refractivity contribution in [2.45, 2.75) is 31.6 Å². The zero-order chi connectivity index (χ0) is 13.9. The Bertz CT molecular complexity index is 408. The van der Waals surface area contributed by atoms with Gasteiger partial charge in [0, 0.05) is 4.90 Å². The topological polar surface area (TPSA) is 20.2 Å². The van der Waals surface area contributed by atoms with Crippen molar-refractivity contribution in [3.8, 4) is 5.75 Å². The van der Waals surface area contributed by atoms with Crippen molar-refractivity contribution < 1.29 is 5.11 Å². The van der Waals surface area contributed by atoms with Crippen LogP contribution in [0.3, 0.4) is 0 Å². The zero-order valence-electron chi connectivity index (χ0n) is 10.1. The molecule has 0 fully saturated rings. The number of phenolic OH excluding ortho intramolecular Hbond substituents is 1. The molecule has 0 saturated heterocycles. The van der Waals surface area contributed by atoms with Crippen LogP contribution < -0.4 is 0 Å². The molecule has 0 aliphatic heterocycles. The van der Waals surface area contributed by atoms with Crippen LogP contribution in [-0.2, 0) is 0 Å². The van der Waals surface area contributed by atoms with Gasteiger partial charge in [0.05, 0.1) is 10.0 Å². The minimum Gasteiger partial charge on any atom is -0.505 e. The van der Waals surface area contributed by atoms with Crippen molar-refractivity contribution in [1.82, 2.24) is 0 Å². The third kappa shape index (κ3) is 3.77. The highest BCUT2D eigenvalue weighted by Gasteiger charge is 2.20. The second-order valence-corrected chi connectivity index (χ2v) is 6.70. The van der Waals surface area contributed by atoms with Gasteiger partial charge in [-0.2, -0.15) is 0 Å². The van der Waals surface area contributed by atoms with Gasteiger partial charge in [0.1, 0.15) is 10.0 Å². The number of rotatable bonds is 5. The highest BCUT2D eigenvalue weighted by Crippen LogP contribution is 2.49. The first kappa shape index (κ1) is 16.6. The molecule has 102 valence electrons. The molecule has 1 nitrogen and oxygen atoms in total. The molecule has 0 heterocycles. The molecule has 0 aliphatic rings. The van der Waals surface area contributed by atoms with E-state index in [0.717, 1.165) is 18.6 Å². The van der Waals surface area contributed by atoms with E-state index < -0.39 is 0 Å². The maximum Gasteiger partial charge on any atom is 0.155 e. The van der Waals surface area contributed by atoms with Gasteiger partial charge in [-0.25, -0.2) is 0 Å². The molecule has 0 aromatic heterocycles. The monoisotopic (exact) mass is 346 g/mol. The fourth-order valence-electron chi connectivity index (χ4n) is 1.29. The van der Waals surface area contributed by atoms with Crippen molar-refractivity contribution in [2.75, 3.05) is 5.75 Å². The summed E-state index contributed by atoms with van der Waals surface area (Å²) in [6.45, 7) is 4.35. The maximum atomic E-state index is 9.60. The molecule has 6 heteroatoms. The van der Waals surface area contributed by atoms with Gasteiger partial charge < -0.3 is 5.11 Å². The van der Waals surface area contributed by atoms with Crippen LogP contribution >= 0.6 is 58.2 Å². The number of hydrogen-bond acceptors (Lipinski definition) is 2. The van der Waals surface area contributed by atoms with Crippen LogP contribution in [0.2, 0.25) is 20.1 Å². The lowest BCUT2D eigenvalue weighted by molar-refractivity contribution is 0.475. The number of thioether (sulfide) groups is 1. The Morgan fingerprint density at radius 3 is 2.00 bits per heavy atom. The van der Waals surface area contributed by atoms with Gasteiger partial charge in [-0.3, -0.25) is 0 Å². The largest absolute Gasteiger partial charge is 0.505 e. The van der Waals surface area contributed by atoms with E-state index in [9.17, 15) is 5.11 Å². The van der Waals surface area contributed by atoms with E-state index in [2.05, 4.69) is 13.8 Å². The Hall–Kier alpha value is 0.530. The molecule has 18 heavy (non-hydrogen) atoms. The molecular weight excluding hydrogens is 334 g/mol. The number of benzene rings is 1. The predicted molar refractivity (Wildman–Crippen MR) is 82.9 cm³/mol. The summed E-state index contributed by atoms with van der Waals surface area (Å²) in [6.07, 6.45) is 2.20. The Kier molecular flexibility index (Phi) is 6.77. The number of hydrogen-bond donors (Lipinski definition) is 1. The van der Waals surface area contributed by atoms with E-state index in [0.29, 0.717) is 10.8 Å². The molecule has 0 aliphatic carbocycles. The summed E-state index contributed by atoms with van der Waals surface area (Å²) in [4.78, 5) is 0.634. The molecule has 1 unspecified atom stereocenters. The zero-order valence-corrected chi connectivity index (χ0v) is 13.9. The van der Waals surface area contributed by atoms with Gasteiger partial charge in [-0.15, -0.1) is 11.8 Å². The van der Waals surface area contributed by atoms with Gasteiger partial charge in [0.25, 0.3) is 0 Å². The summed E-state index contributed by atoms with van der Waals surface area (Å²) >= 11 is 25.4. The molecule has 0 saturated carbocycles. The average molecular weight is 348 g/mol. The van der Waals surface area contributed by atoms with E-state index in [4.69, 9.17) is 46.4 Å². The van der Waals surface area contributed by atoms with Gasteiger partial charge in [-0.1, -0.05) is 66.7 Å². The van der Waals surface area contributed by atoms with E-state index >= 15 is 0 Å². The number of aromatic hydroxyl groups is 1. The SMILES string of the molecule is CCC(C)CCSc1c(Cl)c(Cl)c(O)c(Cl)c1Cl. The van der Waals surface area contributed by atoms with Crippen LogP contribution in [0.1, 0.15) is 26.7 Å². The Morgan fingerprint density at radius 2 is 1.56 bits per heavy atom. The van der Waals surface area contributed by atoms with Crippen LogP contribution in [0.5, 0.6) is 5.75 Å². The second kappa shape index (κ2) is 7.35. The third-order valence-electron chi connectivity index (χ3n) is 2.75. The van der Waals surface area contributed by atoms with E-state index in [1.807, 2.05) is 0 Å². The first-order chi connectivity index (χ1) is 8.40. The molecule has 1 atom stereocenters. The van der Waals surface area contributed by atoms with E-state index in [1.54, 1.807) is 0 Å². The minimum atomic E-state index is -0.264. The fourth-order valence-corrected chi connectivity index (χ4v) is 3.76. The Morgan fingerprint density at radius 1 is 1.06 bits per heavy atom. The highest BCUT2D eigenvalue weighted by molar-refractivity contribution is 7.99. The average Bonchev–Trinajstić information content (AvgIpc) is 2.37. The van der Waals surface area contributed by atoms with Gasteiger partial charge in [0.15, 0.2) is 5.75 Å². The molecule has 1 N–H and O–H groups in total. The maximum absolute atomic E-state index is 9.60. The van der Waals surface area contributed by atoms with Crippen molar-refractivity contribution >= 4 is 58.2 Å². The highest BCUT2D eigenvalue weighted by atomic mass is 35.5. The van der Waals surface area contributed by atoms with Crippen molar-refractivity contribution in [2.24, 2.45) is 5.92 Å². The lowest BCUT2D eigenvalue weighted by Gasteiger charge is -2.13. The smallest absolute Gasteiger partial charge is 0.155 e. The second-order valence-electron chi connectivity index (χ2n) is 4.08. The molecule has 0 radical (unpaired) electrons. The van der Waals surface area contributed by atoms with Crippen LogP contribution in [0.15, 0.2) is 4.90 Å². The van der Waals surface area contributed by atoms with Crippen LogP contribution in [0, 0.1) is 5.92 Å². The predicted octanol–water partition coefficient (Wildman–Crippen LogP) is 6.53. The van der Waals surface area contributed by atoms with Gasteiger partial charge in [0.2, 0.25) is 0 Å².